The van der Waals surface area contributed by atoms with Crippen LogP contribution in [0.25, 0.3) is 0 Å². The molecule has 21 heavy (non-hydrogen) atoms. The number of carbonyl (C=O) groups excluding carboxylic acids is 1. The number of benzene rings is 1. The van der Waals surface area contributed by atoms with Crippen molar-refractivity contribution in [3.05, 3.63) is 29.8 Å². The molecule has 0 heterocycles. The van der Waals surface area contributed by atoms with Gasteiger partial charge in [-0.1, -0.05) is 26.0 Å². The van der Waals surface area contributed by atoms with Gasteiger partial charge in [0.15, 0.2) is 0 Å². The standard InChI is InChI=1S/C17H27NO3/c1-13(2)17(4,20)12-18-16(19)9-6-10-21-15-8-5-7-14(3)11-15/h5,7-8,11,13,20H,6,9-10,12H2,1-4H3,(H,18,19). The minimum absolute atomic E-state index is 0.0521. The van der Waals surface area contributed by atoms with Crippen molar-refractivity contribution in [1.82, 2.24) is 5.32 Å². The van der Waals surface area contributed by atoms with Crippen LogP contribution in [0.2, 0.25) is 0 Å². The lowest BCUT2D eigenvalue weighted by molar-refractivity contribution is -0.122. The summed E-state index contributed by atoms with van der Waals surface area (Å²) in [6.45, 7) is 8.41. The van der Waals surface area contributed by atoms with Crippen LogP contribution in [-0.2, 0) is 4.79 Å². The van der Waals surface area contributed by atoms with Gasteiger partial charge in [-0.3, -0.25) is 4.79 Å². The zero-order valence-corrected chi connectivity index (χ0v) is 13.5. The first-order chi connectivity index (χ1) is 9.81. The molecule has 1 unspecified atom stereocenters. The number of rotatable bonds is 8. The van der Waals surface area contributed by atoms with Crippen LogP contribution >= 0.6 is 0 Å². The first-order valence-corrected chi connectivity index (χ1v) is 7.50. The van der Waals surface area contributed by atoms with Crippen molar-refractivity contribution in [3.63, 3.8) is 0 Å². The molecule has 0 fully saturated rings. The fraction of sp³-hybridized carbons (Fsp3) is 0.588. The highest BCUT2D eigenvalue weighted by atomic mass is 16.5. The third kappa shape index (κ3) is 6.63. The molecule has 0 aliphatic rings. The van der Waals surface area contributed by atoms with Gasteiger partial charge in [0.2, 0.25) is 5.91 Å². The summed E-state index contributed by atoms with van der Waals surface area (Å²) in [6, 6.07) is 7.85. The van der Waals surface area contributed by atoms with E-state index in [1.807, 2.05) is 45.0 Å². The van der Waals surface area contributed by atoms with Crippen LogP contribution in [0.4, 0.5) is 0 Å². The maximum atomic E-state index is 11.7. The minimum Gasteiger partial charge on any atom is -0.494 e. The van der Waals surface area contributed by atoms with E-state index >= 15 is 0 Å². The number of carbonyl (C=O) groups is 1. The van der Waals surface area contributed by atoms with Crippen molar-refractivity contribution in [2.24, 2.45) is 5.92 Å². The summed E-state index contributed by atoms with van der Waals surface area (Å²) >= 11 is 0. The zero-order chi connectivity index (χ0) is 15.9. The van der Waals surface area contributed by atoms with E-state index in [-0.39, 0.29) is 18.4 Å². The van der Waals surface area contributed by atoms with Gasteiger partial charge in [0, 0.05) is 13.0 Å². The SMILES string of the molecule is Cc1cccc(OCCCC(=O)NCC(C)(O)C(C)C)c1. The van der Waals surface area contributed by atoms with E-state index in [0.717, 1.165) is 11.3 Å². The summed E-state index contributed by atoms with van der Waals surface area (Å²) < 4.78 is 5.59. The van der Waals surface area contributed by atoms with Crippen LogP contribution in [0.1, 0.15) is 39.2 Å². The summed E-state index contributed by atoms with van der Waals surface area (Å²) in [5.41, 5.74) is 0.287. The maximum Gasteiger partial charge on any atom is 0.220 e. The van der Waals surface area contributed by atoms with E-state index < -0.39 is 5.60 Å². The van der Waals surface area contributed by atoms with Crippen LogP contribution in [-0.4, -0.2) is 29.8 Å². The summed E-state index contributed by atoms with van der Waals surface area (Å²) in [5.74, 6) is 0.879. The summed E-state index contributed by atoms with van der Waals surface area (Å²) in [4.78, 5) is 11.7. The van der Waals surface area contributed by atoms with E-state index in [2.05, 4.69) is 5.32 Å². The molecule has 1 rings (SSSR count). The molecule has 1 aromatic carbocycles. The first kappa shape index (κ1) is 17.5. The Bertz CT molecular complexity index is 455. The Morgan fingerprint density at radius 2 is 2.14 bits per heavy atom. The average Bonchev–Trinajstić information content (AvgIpc) is 2.41. The second-order valence-electron chi connectivity index (χ2n) is 6.06. The van der Waals surface area contributed by atoms with Crippen molar-refractivity contribution in [2.45, 2.75) is 46.1 Å². The van der Waals surface area contributed by atoms with Gasteiger partial charge in [0.05, 0.1) is 12.2 Å². The Labute approximate surface area is 127 Å². The van der Waals surface area contributed by atoms with E-state index in [1.165, 1.54) is 0 Å². The summed E-state index contributed by atoms with van der Waals surface area (Å²) in [5, 5.41) is 12.8. The topological polar surface area (TPSA) is 58.6 Å². The van der Waals surface area contributed by atoms with Gasteiger partial charge in [-0.2, -0.15) is 0 Å². The van der Waals surface area contributed by atoms with Gasteiger partial charge in [-0.05, 0) is 43.9 Å². The molecule has 0 bridgehead atoms. The second-order valence-corrected chi connectivity index (χ2v) is 6.06. The lowest BCUT2D eigenvalue weighted by Gasteiger charge is -2.27. The predicted octanol–water partition coefficient (Wildman–Crippen LogP) is 2.68. The normalized spacial score (nSPS) is 13.8. The van der Waals surface area contributed by atoms with Crippen molar-refractivity contribution in [2.75, 3.05) is 13.2 Å². The number of hydrogen-bond acceptors (Lipinski definition) is 3. The van der Waals surface area contributed by atoms with Gasteiger partial charge in [0.1, 0.15) is 5.75 Å². The molecule has 1 amide bonds. The Hall–Kier alpha value is -1.55. The molecule has 0 aromatic heterocycles. The number of amides is 1. The molecule has 118 valence electrons. The second kappa shape index (κ2) is 8.03. The molecule has 0 saturated heterocycles. The van der Waals surface area contributed by atoms with Crippen molar-refractivity contribution < 1.29 is 14.6 Å². The molecular formula is C17H27NO3. The number of nitrogens with one attached hydrogen (secondary N) is 1. The number of ether oxygens (including phenoxy) is 1. The Morgan fingerprint density at radius 1 is 1.43 bits per heavy atom. The highest BCUT2D eigenvalue weighted by Crippen LogP contribution is 2.15. The molecule has 2 N–H and O–H groups in total. The highest BCUT2D eigenvalue weighted by Gasteiger charge is 2.25. The first-order valence-electron chi connectivity index (χ1n) is 7.50. The van der Waals surface area contributed by atoms with E-state index in [1.54, 1.807) is 6.92 Å². The molecule has 1 aromatic rings. The predicted molar refractivity (Wildman–Crippen MR) is 84.4 cm³/mol. The van der Waals surface area contributed by atoms with Crippen molar-refractivity contribution in [1.29, 1.82) is 0 Å². The lowest BCUT2D eigenvalue weighted by Crippen LogP contribution is -2.44. The molecule has 4 heteroatoms. The largest absolute Gasteiger partial charge is 0.494 e. The zero-order valence-electron chi connectivity index (χ0n) is 13.5. The van der Waals surface area contributed by atoms with Crippen molar-refractivity contribution >= 4 is 5.91 Å². The lowest BCUT2D eigenvalue weighted by atomic mass is 9.92. The van der Waals surface area contributed by atoms with E-state index in [0.29, 0.717) is 19.4 Å². The fourth-order valence-corrected chi connectivity index (χ4v) is 1.70. The molecule has 1 atom stereocenters. The minimum atomic E-state index is -0.867. The van der Waals surface area contributed by atoms with Gasteiger partial charge in [0.25, 0.3) is 0 Å². The highest BCUT2D eigenvalue weighted by molar-refractivity contribution is 5.75. The smallest absolute Gasteiger partial charge is 0.220 e. The summed E-state index contributed by atoms with van der Waals surface area (Å²) in [6.07, 6.45) is 1.06. The van der Waals surface area contributed by atoms with Crippen LogP contribution in [0.5, 0.6) is 5.75 Å². The quantitative estimate of drug-likeness (QED) is 0.725. The number of aliphatic hydroxyl groups is 1. The third-order valence-electron chi connectivity index (χ3n) is 3.69. The molecule has 0 radical (unpaired) electrons. The Balaban J connectivity index is 2.19. The van der Waals surface area contributed by atoms with Gasteiger partial charge in [-0.25, -0.2) is 0 Å². The van der Waals surface area contributed by atoms with Gasteiger partial charge < -0.3 is 15.2 Å². The van der Waals surface area contributed by atoms with E-state index in [9.17, 15) is 9.90 Å². The van der Waals surface area contributed by atoms with Gasteiger partial charge in [-0.15, -0.1) is 0 Å². The molecule has 0 aliphatic heterocycles. The van der Waals surface area contributed by atoms with Crippen LogP contribution in [0, 0.1) is 12.8 Å². The van der Waals surface area contributed by atoms with Crippen LogP contribution in [0.15, 0.2) is 24.3 Å². The maximum absolute atomic E-state index is 11.7. The number of aryl methyl sites for hydroxylation is 1. The van der Waals surface area contributed by atoms with Crippen molar-refractivity contribution in [3.8, 4) is 5.75 Å². The fourth-order valence-electron chi connectivity index (χ4n) is 1.70. The molecule has 0 saturated carbocycles. The van der Waals surface area contributed by atoms with Crippen LogP contribution in [0.3, 0.4) is 0 Å². The monoisotopic (exact) mass is 293 g/mol. The van der Waals surface area contributed by atoms with Crippen LogP contribution < -0.4 is 10.1 Å². The average molecular weight is 293 g/mol. The molecule has 0 aliphatic carbocycles. The summed E-state index contributed by atoms with van der Waals surface area (Å²) in [7, 11) is 0. The molecular weight excluding hydrogens is 266 g/mol. The Morgan fingerprint density at radius 3 is 2.76 bits per heavy atom. The Kier molecular flexibility index (Phi) is 6.69. The molecule has 4 nitrogen and oxygen atoms in total. The third-order valence-corrected chi connectivity index (χ3v) is 3.69. The van der Waals surface area contributed by atoms with E-state index in [4.69, 9.17) is 4.74 Å². The number of hydrogen-bond donors (Lipinski definition) is 2. The molecule has 0 spiro atoms. The van der Waals surface area contributed by atoms with Gasteiger partial charge >= 0.3 is 0 Å².